The third-order valence-corrected chi connectivity index (χ3v) is 6.13. The minimum atomic E-state index is -0.782. The van der Waals surface area contributed by atoms with Gasteiger partial charge in [-0.3, -0.25) is 9.69 Å². The summed E-state index contributed by atoms with van der Waals surface area (Å²) in [5.41, 5.74) is 4.34. The minimum Gasteiger partial charge on any atom is -0.481 e. The Morgan fingerprint density at radius 3 is 2.60 bits per heavy atom. The third kappa shape index (κ3) is 4.81. The van der Waals surface area contributed by atoms with Gasteiger partial charge in [0.2, 0.25) is 0 Å². The number of hydrogen-bond acceptors (Lipinski definition) is 5. The molecule has 0 atom stereocenters. The number of carboxylic acid groups (broad SMARTS) is 1. The molecule has 3 aromatic carbocycles. The van der Waals surface area contributed by atoms with Crippen LogP contribution in [0.2, 0.25) is 0 Å². The maximum atomic E-state index is 15.0. The molecule has 0 unspecified atom stereocenters. The molecule has 0 amide bonds. The van der Waals surface area contributed by atoms with Crippen LogP contribution < -0.4 is 0 Å². The van der Waals surface area contributed by atoms with Crippen LogP contribution in [0.1, 0.15) is 23.6 Å². The number of halogens is 1. The van der Waals surface area contributed by atoms with E-state index in [2.05, 4.69) is 5.16 Å². The van der Waals surface area contributed by atoms with Gasteiger partial charge in [-0.1, -0.05) is 41.6 Å². The zero-order valence-electron chi connectivity index (χ0n) is 19.3. The van der Waals surface area contributed by atoms with Crippen molar-refractivity contribution in [3.8, 4) is 11.3 Å². The number of likely N-dealkylation sites (tertiary alicyclic amines) is 1. The lowest BCUT2D eigenvalue weighted by Gasteiger charge is -2.36. The van der Waals surface area contributed by atoms with Gasteiger partial charge < -0.3 is 14.4 Å². The fourth-order valence-electron chi connectivity index (χ4n) is 4.29. The highest BCUT2D eigenvalue weighted by molar-refractivity contribution is 6.13. The van der Waals surface area contributed by atoms with Gasteiger partial charge in [0.1, 0.15) is 29.5 Å². The first-order valence-electron chi connectivity index (χ1n) is 11.5. The Morgan fingerprint density at radius 2 is 1.89 bits per heavy atom. The Labute approximate surface area is 202 Å². The quantitative estimate of drug-likeness (QED) is 0.269. The molecule has 1 aliphatic rings. The number of furan rings is 1. The van der Waals surface area contributed by atoms with E-state index in [0.717, 1.165) is 22.1 Å². The first kappa shape index (κ1) is 22.8. The van der Waals surface area contributed by atoms with Crippen LogP contribution in [0.15, 0.2) is 82.4 Å². The standard InChI is InChI=1S/C28H25FN2O4/c1-2-34-30-27(19-6-4-3-5-7-19)20-9-11-25-21(13-20)14-26(35-25)23-10-8-18(12-24(23)29)15-31-16-22(17-31)28(32)33/h3-14,22H,2,15-17H2,1H3,(H,32,33). The number of rotatable bonds is 8. The van der Waals surface area contributed by atoms with Crippen LogP contribution in [0.25, 0.3) is 22.3 Å². The van der Waals surface area contributed by atoms with Crippen molar-refractivity contribution in [1.82, 2.24) is 4.90 Å². The molecule has 0 spiro atoms. The number of oxime groups is 1. The van der Waals surface area contributed by atoms with Gasteiger partial charge in [-0.25, -0.2) is 4.39 Å². The van der Waals surface area contributed by atoms with E-state index in [4.69, 9.17) is 14.4 Å². The highest BCUT2D eigenvalue weighted by atomic mass is 19.1. The molecule has 0 bridgehead atoms. The van der Waals surface area contributed by atoms with Crippen molar-refractivity contribution in [2.24, 2.45) is 11.1 Å². The van der Waals surface area contributed by atoms with E-state index in [1.165, 1.54) is 6.07 Å². The lowest BCUT2D eigenvalue weighted by atomic mass is 9.99. The zero-order chi connectivity index (χ0) is 24.4. The molecular formula is C28H25FN2O4. The van der Waals surface area contributed by atoms with Crippen molar-refractivity contribution in [2.45, 2.75) is 13.5 Å². The monoisotopic (exact) mass is 472 g/mol. The number of nitrogens with zero attached hydrogens (tertiary/aromatic N) is 2. The topological polar surface area (TPSA) is 75.3 Å². The molecule has 6 nitrogen and oxygen atoms in total. The molecule has 35 heavy (non-hydrogen) atoms. The summed E-state index contributed by atoms with van der Waals surface area (Å²) in [5.74, 6) is -1.05. The van der Waals surface area contributed by atoms with E-state index in [9.17, 15) is 4.79 Å². The summed E-state index contributed by atoms with van der Waals surface area (Å²) in [6, 6.07) is 22.4. The van der Waals surface area contributed by atoms with Gasteiger partial charge in [-0.05, 0) is 48.9 Å². The predicted molar refractivity (Wildman–Crippen MR) is 132 cm³/mol. The molecule has 7 heteroatoms. The molecule has 1 fully saturated rings. The van der Waals surface area contributed by atoms with E-state index < -0.39 is 5.97 Å². The second-order valence-electron chi connectivity index (χ2n) is 8.63. The van der Waals surface area contributed by atoms with E-state index in [1.54, 1.807) is 6.07 Å². The summed E-state index contributed by atoms with van der Waals surface area (Å²) in [6.07, 6.45) is 0. The Kier molecular flexibility index (Phi) is 6.33. The molecule has 1 aromatic heterocycles. The maximum absolute atomic E-state index is 15.0. The fourth-order valence-corrected chi connectivity index (χ4v) is 4.29. The first-order valence-corrected chi connectivity index (χ1v) is 11.5. The number of carboxylic acids is 1. The van der Waals surface area contributed by atoms with Crippen LogP contribution in [0.3, 0.4) is 0 Å². The predicted octanol–water partition coefficient (Wildman–Crippen LogP) is 5.54. The number of benzene rings is 3. The molecule has 4 aromatic rings. The van der Waals surface area contributed by atoms with E-state index in [1.807, 2.05) is 72.5 Å². The van der Waals surface area contributed by atoms with Gasteiger partial charge in [-0.2, -0.15) is 0 Å². The molecular weight excluding hydrogens is 447 g/mol. The van der Waals surface area contributed by atoms with Crippen LogP contribution in [-0.4, -0.2) is 41.4 Å². The van der Waals surface area contributed by atoms with Crippen LogP contribution in [0, 0.1) is 11.7 Å². The van der Waals surface area contributed by atoms with Crippen molar-refractivity contribution < 1.29 is 23.5 Å². The summed E-state index contributed by atoms with van der Waals surface area (Å²) >= 11 is 0. The average Bonchev–Trinajstić information content (AvgIpc) is 3.25. The van der Waals surface area contributed by atoms with Crippen molar-refractivity contribution in [3.05, 3.63) is 95.3 Å². The van der Waals surface area contributed by atoms with Crippen molar-refractivity contribution >= 4 is 22.7 Å². The largest absolute Gasteiger partial charge is 0.481 e. The summed E-state index contributed by atoms with van der Waals surface area (Å²) in [4.78, 5) is 18.3. The lowest BCUT2D eigenvalue weighted by Crippen LogP contribution is -2.49. The molecule has 178 valence electrons. The highest BCUT2D eigenvalue weighted by Gasteiger charge is 2.32. The maximum Gasteiger partial charge on any atom is 0.309 e. The number of carbonyl (C=O) groups is 1. The Bertz CT molecular complexity index is 1390. The smallest absolute Gasteiger partial charge is 0.309 e. The number of fused-ring (bicyclic) bond motifs is 1. The van der Waals surface area contributed by atoms with E-state index in [-0.39, 0.29) is 11.7 Å². The SMILES string of the molecule is CCON=C(c1ccccc1)c1ccc2oc(-c3ccc(CN4CC(C(=O)O)C4)cc3F)cc2c1. The zero-order valence-corrected chi connectivity index (χ0v) is 19.3. The van der Waals surface area contributed by atoms with Crippen LogP contribution in [0.4, 0.5) is 4.39 Å². The van der Waals surface area contributed by atoms with E-state index >= 15 is 4.39 Å². The summed E-state index contributed by atoms with van der Waals surface area (Å²) < 4.78 is 21.0. The molecule has 2 heterocycles. The molecule has 1 N–H and O–H groups in total. The van der Waals surface area contributed by atoms with Gasteiger partial charge in [0, 0.05) is 36.1 Å². The Hall–Kier alpha value is -3.97. The Balaban J connectivity index is 1.39. The minimum absolute atomic E-state index is 0.333. The van der Waals surface area contributed by atoms with Gasteiger partial charge in [0.15, 0.2) is 0 Å². The second-order valence-corrected chi connectivity index (χ2v) is 8.63. The van der Waals surface area contributed by atoms with Crippen molar-refractivity contribution in [2.75, 3.05) is 19.7 Å². The van der Waals surface area contributed by atoms with Gasteiger partial charge in [0.25, 0.3) is 0 Å². The van der Waals surface area contributed by atoms with E-state index in [0.29, 0.717) is 48.9 Å². The summed E-state index contributed by atoms with van der Waals surface area (Å²) in [5, 5.41) is 14.2. The van der Waals surface area contributed by atoms with Crippen LogP contribution in [0.5, 0.6) is 0 Å². The molecule has 0 radical (unpaired) electrons. The van der Waals surface area contributed by atoms with Crippen LogP contribution in [-0.2, 0) is 16.2 Å². The van der Waals surface area contributed by atoms with Crippen molar-refractivity contribution in [3.63, 3.8) is 0 Å². The molecule has 1 aliphatic heterocycles. The highest BCUT2D eigenvalue weighted by Crippen LogP contribution is 2.32. The van der Waals surface area contributed by atoms with Crippen molar-refractivity contribution in [1.29, 1.82) is 0 Å². The summed E-state index contributed by atoms with van der Waals surface area (Å²) in [7, 11) is 0. The third-order valence-electron chi connectivity index (χ3n) is 6.13. The second kappa shape index (κ2) is 9.72. The fraction of sp³-hybridized carbons (Fsp3) is 0.214. The molecule has 0 aliphatic carbocycles. The molecule has 5 rings (SSSR count). The van der Waals surface area contributed by atoms with Gasteiger partial charge >= 0.3 is 5.97 Å². The average molecular weight is 473 g/mol. The van der Waals surface area contributed by atoms with Gasteiger partial charge in [0.05, 0.1) is 11.5 Å². The van der Waals surface area contributed by atoms with Crippen LogP contribution >= 0.6 is 0 Å². The molecule has 0 saturated carbocycles. The van der Waals surface area contributed by atoms with Gasteiger partial charge in [-0.15, -0.1) is 0 Å². The summed E-state index contributed by atoms with van der Waals surface area (Å²) in [6.45, 7) is 3.84. The normalized spacial score (nSPS) is 14.7. The number of hydrogen-bond donors (Lipinski definition) is 1. The first-order chi connectivity index (χ1) is 17.0. The Morgan fingerprint density at radius 1 is 1.09 bits per heavy atom. The number of aliphatic carboxylic acids is 1. The lowest BCUT2D eigenvalue weighted by molar-refractivity contribution is -0.147. The molecule has 1 saturated heterocycles.